The summed E-state index contributed by atoms with van der Waals surface area (Å²) in [6.45, 7) is 8.09. The van der Waals surface area contributed by atoms with E-state index in [9.17, 15) is 5.11 Å². The summed E-state index contributed by atoms with van der Waals surface area (Å²) in [6, 6.07) is 16.5. The van der Waals surface area contributed by atoms with Crippen LogP contribution >= 0.6 is 0 Å². The lowest BCUT2D eigenvalue weighted by atomic mass is 9.76. The van der Waals surface area contributed by atoms with Crippen molar-refractivity contribution in [3.63, 3.8) is 0 Å². The van der Waals surface area contributed by atoms with Gasteiger partial charge in [-0.15, -0.1) is 0 Å². The van der Waals surface area contributed by atoms with Crippen molar-refractivity contribution in [2.45, 2.75) is 39.7 Å². The molecule has 0 fully saturated rings. The van der Waals surface area contributed by atoms with Gasteiger partial charge in [0, 0.05) is 0 Å². The fraction of sp³-hybridized carbons (Fsp3) is 0.368. The van der Waals surface area contributed by atoms with Gasteiger partial charge in [0.2, 0.25) is 0 Å². The molecule has 0 aliphatic rings. The van der Waals surface area contributed by atoms with E-state index in [1.807, 2.05) is 51.1 Å². The molecule has 0 amide bonds. The fourth-order valence-corrected chi connectivity index (χ4v) is 2.49. The standard InChI is InChI=1S/C17H20O3.C2H6/c1-3-13(2)17(18,14-7-5-4-6-8-14)15-9-11-16(20-19)12-10-15;1-2/h4-13,18-19H,3H2,1-2H3;1-2H3/t13-,17?;/m1./s1. The highest BCUT2D eigenvalue weighted by Gasteiger charge is 2.36. The predicted octanol–water partition coefficient (Wildman–Crippen LogP) is 4.85. The smallest absolute Gasteiger partial charge is 0.165 e. The molecule has 0 heterocycles. The van der Waals surface area contributed by atoms with E-state index in [1.165, 1.54) is 0 Å². The van der Waals surface area contributed by atoms with Crippen LogP contribution in [0.15, 0.2) is 54.6 Å². The molecule has 3 heteroatoms. The van der Waals surface area contributed by atoms with Gasteiger partial charge in [0.25, 0.3) is 0 Å². The number of benzene rings is 2. The number of rotatable bonds is 5. The molecular weight excluding hydrogens is 276 g/mol. The van der Waals surface area contributed by atoms with Gasteiger partial charge in [-0.1, -0.05) is 76.6 Å². The van der Waals surface area contributed by atoms with Crippen molar-refractivity contribution in [1.82, 2.24) is 0 Å². The molecule has 0 aliphatic heterocycles. The Morgan fingerprint density at radius 3 is 1.91 bits per heavy atom. The largest absolute Gasteiger partial charge is 0.380 e. The minimum absolute atomic E-state index is 0.0609. The van der Waals surface area contributed by atoms with Crippen LogP contribution in [0, 0.1) is 5.92 Å². The fourth-order valence-electron chi connectivity index (χ4n) is 2.49. The van der Waals surface area contributed by atoms with E-state index in [2.05, 4.69) is 11.8 Å². The van der Waals surface area contributed by atoms with E-state index in [4.69, 9.17) is 5.26 Å². The van der Waals surface area contributed by atoms with Crippen LogP contribution in [-0.2, 0) is 5.60 Å². The zero-order valence-corrected chi connectivity index (χ0v) is 13.8. The van der Waals surface area contributed by atoms with E-state index >= 15 is 0 Å². The zero-order valence-electron chi connectivity index (χ0n) is 13.8. The van der Waals surface area contributed by atoms with Crippen molar-refractivity contribution in [2.75, 3.05) is 0 Å². The first kappa shape index (κ1) is 18.2. The Bertz CT molecular complexity index is 536. The minimum atomic E-state index is -1.05. The van der Waals surface area contributed by atoms with Gasteiger partial charge in [-0.25, -0.2) is 5.26 Å². The summed E-state index contributed by atoms with van der Waals surface area (Å²) in [7, 11) is 0. The Morgan fingerprint density at radius 1 is 0.955 bits per heavy atom. The maximum atomic E-state index is 11.3. The first-order valence-corrected chi connectivity index (χ1v) is 7.82. The molecule has 22 heavy (non-hydrogen) atoms. The molecule has 120 valence electrons. The number of hydrogen-bond acceptors (Lipinski definition) is 3. The Kier molecular flexibility index (Phi) is 7.09. The van der Waals surface area contributed by atoms with Gasteiger partial charge in [-0.3, -0.25) is 0 Å². The predicted molar refractivity (Wildman–Crippen MR) is 89.9 cm³/mol. The van der Waals surface area contributed by atoms with Crippen molar-refractivity contribution < 1.29 is 15.3 Å². The second-order valence-electron chi connectivity index (χ2n) is 5.06. The zero-order chi connectivity index (χ0) is 16.6. The van der Waals surface area contributed by atoms with Crippen LogP contribution in [-0.4, -0.2) is 10.4 Å². The van der Waals surface area contributed by atoms with Gasteiger partial charge in [0.05, 0.1) is 0 Å². The Hall–Kier alpha value is -1.84. The topological polar surface area (TPSA) is 49.7 Å². The third-order valence-corrected chi connectivity index (χ3v) is 3.94. The SMILES string of the molecule is CC.CC[C@@H](C)C(O)(c1ccccc1)c1ccc(OO)cc1. The molecule has 1 unspecified atom stereocenters. The Morgan fingerprint density at radius 2 is 1.45 bits per heavy atom. The van der Waals surface area contributed by atoms with Gasteiger partial charge in [0.15, 0.2) is 5.75 Å². The monoisotopic (exact) mass is 302 g/mol. The summed E-state index contributed by atoms with van der Waals surface area (Å²) < 4.78 is 0. The third-order valence-electron chi connectivity index (χ3n) is 3.94. The molecule has 2 rings (SSSR count). The third kappa shape index (κ3) is 3.67. The highest BCUT2D eigenvalue weighted by atomic mass is 17.1. The molecule has 0 radical (unpaired) electrons. The second-order valence-corrected chi connectivity index (χ2v) is 5.06. The molecular formula is C19H26O3. The summed E-state index contributed by atoms with van der Waals surface area (Å²) in [5, 5.41) is 19.9. The number of aliphatic hydroxyl groups is 1. The summed E-state index contributed by atoms with van der Waals surface area (Å²) in [6.07, 6.45) is 0.851. The molecule has 2 N–H and O–H groups in total. The minimum Gasteiger partial charge on any atom is -0.380 e. The van der Waals surface area contributed by atoms with Crippen LogP contribution in [0.4, 0.5) is 0 Å². The van der Waals surface area contributed by atoms with Gasteiger partial charge in [-0.2, -0.15) is 0 Å². The van der Waals surface area contributed by atoms with Crippen LogP contribution in [0.5, 0.6) is 5.75 Å². The maximum absolute atomic E-state index is 11.3. The van der Waals surface area contributed by atoms with E-state index in [-0.39, 0.29) is 5.92 Å². The normalized spacial score (nSPS) is 14.3. The molecule has 0 bridgehead atoms. The van der Waals surface area contributed by atoms with Crippen molar-refractivity contribution in [3.05, 3.63) is 65.7 Å². The first-order chi connectivity index (χ1) is 10.6. The molecule has 0 aliphatic carbocycles. The maximum Gasteiger partial charge on any atom is 0.165 e. The van der Waals surface area contributed by atoms with Gasteiger partial charge in [0.1, 0.15) is 5.60 Å². The average Bonchev–Trinajstić information content (AvgIpc) is 2.62. The Labute approximate surface area is 133 Å². The highest BCUT2D eigenvalue weighted by molar-refractivity contribution is 5.39. The molecule has 2 atom stereocenters. The van der Waals surface area contributed by atoms with E-state index < -0.39 is 5.60 Å². The number of hydrogen-bond donors (Lipinski definition) is 2. The average molecular weight is 302 g/mol. The van der Waals surface area contributed by atoms with Crippen molar-refractivity contribution in [2.24, 2.45) is 5.92 Å². The molecule has 0 saturated heterocycles. The van der Waals surface area contributed by atoms with E-state index in [1.54, 1.807) is 24.3 Å². The highest BCUT2D eigenvalue weighted by Crippen LogP contribution is 2.38. The van der Waals surface area contributed by atoms with Crippen LogP contribution in [0.25, 0.3) is 0 Å². The van der Waals surface area contributed by atoms with Crippen molar-refractivity contribution in [1.29, 1.82) is 0 Å². The lowest BCUT2D eigenvalue weighted by Gasteiger charge is -2.35. The van der Waals surface area contributed by atoms with E-state index in [0.717, 1.165) is 17.5 Å². The lowest BCUT2D eigenvalue weighted by Crippen LogP contribution is -2.34. The molecule has 0 aromatic heterocycles. The second kappa shape index (κ2) is 8.57. The molecule has 0 saturated carbocycles. The summed E-state index contributed by atoms with van der Waals surface area (Å²) in [4.78, 5) is 4.19. The molecule has 3 nitrogen and oxygen atoms in total. The van der Waals surface area contributed by atoms with E-state index in [0.29, 0.717) is 5.75 Å². The summed E-state index contributed by atoms with van der Waals surface area (Å²) in [5.41, 5.74) is 0.607. The lowest BCUT2D eigenvalue weighted by molar-refractivity contribution is -0.137. The summed E-state index contributed by atoms with van der Waals surface area (Å²) >= 11 is 0. The van der Waals surface area contributed by atoms with Crippen LogP contribution in [0.3, 0.4) is 0 Å². The van der Waals surface area contributed by atoms with Gasteiger partial charge in [-0.05, 0) is 29.2 Å². The quantitative estimate of drug-likeness (QED) is 0.613. The van der Waals surface area contributed by atoms with Crippen LogP contribution < -0.4 is 4.89 Å². The van der Waals surface area contributed by atoms with Gasteiger partial charge < -0.3 is 9.99 Å². The Balaban J connectivity index is 0.00000116. The van der Waals surface area contributed by atoms with Crippen molar-refractivity contribution >= 4 is 0 Å². The summed E-state index contributed by atoms with van der Waals surface area (Å²) in [5.74, 6) is 0.416. The molecule has 0 spiro atoms. The van der Waals surface area contributed by atoms with Crippen molar-refractivity contribution in [3.8, 4) is 5.75 Å². The molecule has 2 aromatic rings. The molecule has 2 aromatic carbocycles. The van der Waals surface area contributed by atoms with Crippen LogP contribution in [0.1, 0.15) is 45.2 Å². The first-order valence-electron chi connectivity index (χ1n) is 7.82. The van der Waals surface area contributed by atoms with Crippen LogP contribution in [0.2, 0.25) is 0 Å². The van der Waals surface area contributed by atoms with Gasteiger partial charge >= 0.3 is 0 Å².